The molecule has 0 heterocycles. The van der Waals surface area contributed by atoms with Gasteiger partial charge in [0.2, 0.25) is 0 Å². The summed E-state index contributed by atoms with van der Waals surface area (Å²) < 4.78 is 13.3. The van der Waals surface area contributed by atoms with Crippen molar-refractivity contribution in [2.24, 2.45) is 11.8 Å². The fraction of sp³-hybridized carbons (Fsp3) is 0.438. The zero-order chi connectivity index (χ0) is 14.7. The lowest BCUT2D eigenvalue weighted by Crippen LogP contribution is -2.20. The van der Waals surface area contributed by atoms with E-state index in [2.05, 4.69) is 25.2 Å². The summed E-state index contributed by atoms with van der Waals surface area (Å²) in [6, 6.07) is 4.13. The van der Waals surface area contributed by atoms with Gasteiger partial charge in [0.15, 0.2) is 0 Å². The first kappa shape index (κ1) is 14.6. The van der Waals surface area contributed by atoms with E-state index in [9.17, 15) is 9.18 Å². The van der Waals surface area contributed by atoms with Crippen molar-refractivity contribution in [3.8, 4) is 0 Å². The molecule has 20 heavy (non-hydrogen) atoms. The highest BCUT2D eigenvalue weighted by Gasteiger charge is 2.18. The number of carbonyl (C=O) groups is 1. The van der Waals surface area contributed by atoms with Crippen LogP contribution in [0.1, 0.15) is 37.0 Å². The van der Waals surface area contributed by atoms with Crippen molar-refractivity contribution < 1.29 is 14.3 Å². The van der Waals surface area contributed by atoms with Crippen molar-refractivity contribution in [2.75, 3.05) is 11.9 Å². The van der Waals surface area contributed by atoms with E-state index < -0.39 is 11.8 Å². The summed E-state index contributed by atoms with van der Waals surface area (Å²) in [5.41, 5.74) is 1.77. The van der Waals surface area contributed by atoms with Crippen LogP contribution in [0.2, 0.25) is 0 Å². The van der Waals surface area contributed by atoms with Crippen molar-refractivity contribution in [2.45, 2.75) is 26.7 Å². The van der Waals surface area contributed by atoms with Crippen LogP contribution in [-0.4, -0.2) is 17.6 Å². The largest absolute Gasteiger partial charge is 0.478 e. The molecule has 0 fully saturated rings. The van der Waals surface area contributed by atoms with Gasteiger partial charge in [0, 0.05) is 12.2 Å². The van der Waals surface area contributed by atoms with E-state index >= 15 is 0 Å². The molecule has 4 heteroatoms. The summed E-state index contributed by atoms with van der Waals surface area (Å²) >= 11 is 0. The molecule has 0 saturated heterocycles. The van der Waals surface area contributed by atoms with Crippen LogP contribution in [0.15, 0.2) is 29.8 Å². The second kappa shape index (κ2) is 6.07. The Labute approximate surface area is 118 Å². The third-order valence-electron chi connectivity index (χ3n) is 3.68. The number of hydrogen-bond donors (Lipinski definition) is 2. The highest BCUT2D eigenvalue weighted by molar-refractivity contribution is 5.89. The molecule has 2 N–H and O–H groups in total. The summed E-state index contributed by atoms with van der Waals surface area (Å²) in [5, 5.41) is 12.1. The summed E-state index contributed by atoms with van der Waals surface area (Å²) in [5.74, 6) is -0.823. The lowest BCUT2D eigenvalue weighted by molar-refractivity contribution is 0.0692. The normalized spacial score (nSPS) is 22.2. The van der Waals surface area contributed by atoms with Gasteiger partial charge < -0.3 is 10.4 Å². The fourth-order valence-corrected chi connectivity index (χ4v) is 2.90. The quantitative estimate of drug-likeness (QED) is 0.820. The molecule has 3 nitrogen and oxygen atoms in total. The van der Waals surface area contributed by atoms with Crippen LogP contribution in [0.4, 0.5) is 10.1 Å². The Morgan fingerprint density at radius 2 is 2.25 bits per heavy atom. The molecule has 0 bridgehead atoms. The van der Waals surface area contributed by atoms with Crippen LogP contribution in [0, 0.1) is 17.7 Å². The fourth-order valence-electron chi connectivity index (χ4n) is 2.90. The van der Waals surface area contributed by atoms with E-state index in [-0.39, 0.29) is 5.56 Å². The summed E-state index contributed by atoms with van der Waals surface area (Å²) in [4.78, 5) is 10.9. The average Bonchev–Trinajstić information content (AvgIpc) is 2.36. The number of anilines is 1. The van der Waals surface area contributed by atoms with Crippen LogP contribution in [-0.2, 0) is 0 Å². The second-order valence-electron chi connectivity index (χ2n) is 5.68. The number of carboxylic acid groups (broad SMARTS) is 1. The molecule has 0 aliphatic heterocycles. The van der Waals surface area contributed by atoms with Gasteiger partial charge in [-0.05, 0) is 49.8 Å². The molecule has 1 aliphatic rings. The zero-order valence-corrected chi connectivity index (χ0v) is 11.8. The molecule has 108 valence electrons. The topological polar surface area (TPSA) is 49.3 Å². The van der Waals surface area contributed by atoms with E-state index in [0.717, 1.165) is 19.4 Å². The molecule has 2 atom stereocenters. The lowest BCUT2D eigenvalue weighted by atomic mass is 9.84. The maximum atomic E-state index is 13.3. The molecule has 0 saturated carbocycles. The average molecular weight is 277 g/mol. The van der Waals surface area contributed by atoms with Crippen molar-refractivity contribution in [3.63, 3.8) is 0 Å². The second-order valence-corrected chi connectivity index (χ2v) is 5.68. The summed E-state index contributed by atoms with van der Waals surface area (Å²) in [6.45, 7) is 5.12. The van der Waals surface area contributed by atoms with Crippen LogP contribution in [0.3, 0.4) is 0 Å². The minimum absolute atomic E-state index is 0.289. The van der Waals surface area contributed by atoms with Crippen molar-refractivity contribution >= 4 is 11.7 Å². The zero-order valence-electron chi connectivity index (χ0n) is 11.8. The van der Waals surface area contributed by atoms with Crippen LogP contribution in [0.25, 0.3) is 0 Å². The molecule has 0 radical (unpaired) electrons. The van der Waals surface area contributed by atoms with E-state index in [1.807, 2.05) is 0 Å². The Morgan fingerprint density at radius 1 is 1.50 bits per heavy atom. The van der Waals surface area contributed by atoms with Gasteiger partial charge in [-0.3, -0.25) is 0 Å². The number of allylic oxidation sites excluding steroid dienone is 2. The molecule has 1 aromatic rings. The van der Waals surface area contributed by atoms with Crippen molar-refractivity contribution in [1.82, 2.24) is 0 Å². The van der Waals surface area contributed by atoms with Crippen molar-refractivity contribution in [1.29, 1.82) is 0 Å². The number of rotatable bonds is 4. The molecule has 1 aromatic carbocycles. The van der Waals surface area contributed by atoms with Gasteiger partial charge >= 0.3 is 5.97 Å². The molecule has 1 aliphatic carbocycles. The highest BCUT2D eigenvalue weighted by atomic mass is 19.1. The Balaban J connectivity index is 1.99. The first-order chi connectivity index (χ1) is 9.45. The number of nitrogens with one attached hydrogen (secondary N) is 1. The monoisotopic (exact) mass is 277 g/mol. The number of hydrogen-bond acceptors (Lipinski definition) is 2. The number of benzene rings is 1. The van der Waals surface area contributed by atoms with Gasteiger partial charge in [-0.1, -0.05) is 18.6 Å². The number of halogens is 1. The standard InChI is InChI=1S/C16H20FNO2/c1-10-5-11(2)7-12(6-10)9-18-13-3-4-15(17)14(8-13)16(19)20/h3-5,8,10,12,18H,6-7,9H2,1-2H3,(H,19,20). The van der Waals surface area contributed by atoms with Gasteiger partial charge in [0.1, 0.15) is 5.82 Å². The van der Waals surface area contributed by atoms with E-state index in [0.29, 0.717) is 17.5 Å². The molecule has 0 amide bonds. The van der Waals surface area contributed by atoms with Gasteiger partial charge in [-0.15, -0.1) is 0 Å². The third-order valence-corrected chi connectivity index (χ3v) is 3.68. The Bertz CT molecular complexity index is 539. The molecule has 2 rings (SSSR count). The molecule has 2 unspecified atom stereocenters. The van der Waals surface area contributed by atoms with E-state index in [1.54, 1.807) is 6.07 Å². The van der Waals surface area contributed by atoms with E-state index in [4.69, 9.17) is 5.11 Å². The van der Waals surface area contributed by atoms with Gasteiger partial charge in [0.05, 0.1) is 5.56 Å². The number of aromatic carboxylic acids is 1. The molecule has 0 aromatic heterocycles. The Hall–Kier alpha value is -1.84. The van der Waals surface area contributed by atoms with Gasteiger partial charge in [0.25, 0.3) is 0 Å². The Kier molecular flexibility index (Phi) is 4.42. The predicted molar refractivity (Wildman–Crippen MR) is 77.5 cm³/mol. The minimum atomic E-state index is -1.24. The smallest absolute Gasteiger partial charge is 0.338 e. The lowest BCUT2D eigenvalue weighted by Gasteiger charge is -2.26. The SMILES string of the molecule is CC1=CC(C)CC(CNc2ccc(F)c(C(=O)O)c2)C1. The molecular formula is C16H20FNO2. The maximum absolute atomic E-state index is 13.3. The van der Waals surface area contributed by atoms with Crippen molar-refractivity contribution in [3.05, 3.63) is 41.2 Å². The first-order valence-electron chi connectivity index (χ1n) is 6.89. The predicted octanol–water partition coefficient (Wildman–Crippen LogP) is 3.93. The highest BCUT2D eigenvalue weighted by Crippen LogP contribution is 2.28. The third kappa shape index (κ3) is 3.59. The summed E-state index contributed by atoms with van der Waals surface area (Å²) in [7, 11) is 0. The van der Waals surface area contributed by atoms with Gasteiger partial charge in [-0.25, -0.2) is 9.18 Å². The maximum Gasteiger partial charge on any atom is 0.338 e. The van der Waals surface area contributed by atoms with Crippen LogP contribution in [0.5, 0.6) is 0 Å². The van der Waals surface area contributed by atoms with Crippen LogP contribution < -0.4 is 5.32 Å². The minimum Gasteiger partial charge on any atom is -0.478 e. The van der Waals surface area contributed by atoms with Gasteiger partial charge in [-0.2, -0.15) is 0 Å². The molecular weight excluding hydrogens is 257 g/mol. The molecule has 0 spiro atoms. The first-order valence-corrected chi connectivity index (χ1v) is 6.89. The Morgan fingerprint density at radius 3 is 2.90 bits per heavy atom. The summed E-state index contributed by atoms with van der Waals surface area (Å²) in [6.07, 6.45) is 4.48. The number of carboxylic acids is 1. The van der Waals surface area contributed by atoms with Crippen LogP contribution >= 0.6 is 0 Å². The van der Waals surface area contributed by atoms with E-state index in [1.165, 1.54) is 17.7 Å².